The first-order valence-corrected chi connectivity index (χ1v) is 10.9. The smallest absolute Gasteiger partial charge is 0.321 e. The number of halogens is 2. The maximum atomic E-state index is 14.6. The van der Waals surface area contributed by atoms with Gasteiger partial charge in [0.25, 0.3) is 0 Å². The van der Waals surface area contributed by atoms with Crippen LogP contribution in [0.25, 0.3) is 0 Å². The molecule has 1 aliphatic rings. The maximum Gasteiger partial charge on any atom is 0.321 e. The summed E-state index contributed by atoms with van der Waals surface area (Å²) >= 11 is 0. The highest BCUT2D eigenvalue weighted by Gasteiger charge is 2.35. The van der Waals surface area contributed by atoms with Gasteiger partial charge >= 0.3 is 6.03 Å². The van der Waals surface area contributed by atoms with Gasteiger partial charge in [0.15, 0.2) is 41.0 Å². The van der Waals surface area contributed by atoms with Crippen LogP contribution in [-0.4, -0.2) is 41.5 Å². The number of fused-ring (bicyclic) bond motifs is 1. The van der Waals surface area contributed by atoms with E-state index < -0.39 is 30.3 Å². The number of aromatic nitrogens is 3. The molecule has 3 heterocycles. The number of amides is 2. The lowest BCUT2D eigenvalue weighted by Gasteiger charge is -2.34. The fourth-order valence-corrected chi connectivity index (χ4v) is 4.13. The van der Waals surface area contributed by atoms with Crippen LogP contribution in [0.2, 0.25) is 0 Å². The van der Waals surface area contributed by atoms with Crippen LogP contribution in [0.15, 0.2) is 24.5 Å². The van der Waals surface area contributed by atoms with E-state index in [1.807, 2.05) is 6.92 Å². The summed E-state index contributed by atoms with van der Waals surface area (Å²) in [5.41, 5.74) is 7.09. The number of nitrogens with zero attached hydrogens (tertiary/aromatic N) is 4. The number of aldehydes is 1. The Labute approximate surface area is 205 Å². The van der Waals surface area contributed by atoms with Crippen molar-refractivity contribution in [2.45, 2.75) is 32.4 Å². The molecule has 0 fully saturated rings. The number of anilines is 1. The summed E-state index contributed by atoms with van der Waals surface area (Å²) in [5, 5.41) is 0. The first-order chi connectivity index (χ1) is 17.3. The van der Waals surface area contributed by atoms with Gasteiger partial charge in [-0.25, -0.2) is 28.5 Å². The van der Waals surface area contributed by atoms with Gasteiger partial charge in [0.1, 0.15) is 24.2 Å². The Kier molecular flexibility index (Phi) is 6.95. The zero-order chi connectivity index (χ0) is 26.0. The highest BCUT2D eigenvalue weighted by Crippen LogP contribution is 2.38. The van der Waals surface area contributed by atoms with Crippen LogP contribution in [0, 0.1) is 18.6 Å². The summed E-state index contributed by atoms with van der Waals surface area (Å²) in [6, 6.07) is 1.36. The van der Waals surface area contributed by atoms with Crippen molar-refractivity contribution in [2.75, 3.05) is 19.1 Å². The molecule has 1 atom stereocenters. The number of ether oxygens (including phenoxy) is 3. The molecule has 36 heavy (non-hydrogen) atoms. The summed E-state index contributed by atoms with van der Waals surface area (Å²) in [6.45, 7) is 1.36. The number of hydrogen-bond acceptors (Lipinski definition) is 8. The lowest BCUT2D eigenvalue weighted by Crippen LogP contribution is -2.43. The van der Waals surface area contributed by atoms with E-state index in [-0.39, 0.29) is 34.3 Å². The van der Waals surface area contributed by atoms with Gasteiger partial charge in [-0.2, -0.15) is 0 Å². The Morgan fingerprint density at radius 2 is 1.81 bits per heavy atom. The second-order valence-corrected chi connectivity index (χ2v) is 8.00. The third-order valence-corrected chi connectivity index (χ3v) is 5.91. The van der Waals surface area contributed by atoms with Crippen LogP contribution in [-0.2, 0) is 13.0 Å². The van der Waals surface area contributed by atoms with Crippen LogP contribution in [0.5, 0.6) is 17.2 Å². The Morgan fingerprint density at radius 3 is 2.36 bits per heavy atom. The molecule has 0 saturated heterocycles. The molecule has 2 amide bonds. The number of methoxy groups -OCH3 is 2. The molecule has 0 saturated carbocycles. The van der Waals surface area contributed by atoms with E-state index in [9.17, 15) is 18.4 Å². The number of primary amides is 1. The minimum absolute atomic E-state index is 0.137. The number of carbonyl (C=O) groups is 2. The summed E-state index contributed by atoms with van der Waals surface area (Å²) in [4.78, 5) is 37.7. The monoisotopic (exact) mass is 499 g/mol. The van der Waals surface area contributed by atoms with Gasteiger partial charge < -0.3 is 19.9 Å². The first kappa shape index (κ1) is 24.8. The SMILES string of the molecule is COc1cc(OC)c(F)c(COc2cnc(C3CCc4c(C)cc(C=O)nc4N3C(N)=O)nc2)c1F. The standard InChI is InChI=1S/C24H23F2N5O5/c1-12-6-13(10-32)30-23-15(12)4-5-17(31(23)24(27)33)22-28-8-14(9-29-22)36-11-16-20(25)18(34-2)7-19(35-3)21(16)26/h6-10,17H,4-5,11H2,1-3H3,(H2,27,33). The number of benzene rings is 1. The molecule has 0 aliphatic carbocycles. The summed E-state index contributed by atoms with van der Waals surface area (Å²) in [5.74, 6) is -1.51. The fraction of sp³-hybridized carbons (Fsp3) is 0.292. The number of carbonyl (C=O) groups excluding carboxylic acids is 2. The van der Waals surface area contributed by atoms with Gasteiger partial charge in [0, 0.05) is 6.07 Å². The highest BCUT2D eigenvalue weighted by molar-refractivity contribution is 5.92. The molecule has 0 spiro atoms. The summed E-state index contributed by atoms with van der Waals surface area (Å²) < 4.78 is 44.5. The second kappa shape index (κ2) is 10.1. The molecule has 1 aromatic carbocycles. The molecule has 2 N–H and O–H groups in total. The first-order valence-electron chi connectivity index (χ1n) is 10.9. The molecule has 188 valence electrons. The molecule has 2 aromatic heterocycles. The molecule has 10 nitrogen and oxygen atoms in total. The molecule has 3 aromatic rings. The summed E-state index contributed by atoms with van der Waals surface area (Å²) in [7, 11) is 2.51. The molecule has 12 heteroatoms. The number of nitrogens with two attached hydrogens (primary N) is 1. The zero-order valence-electron chi connectivity index (χ0n) is 19.7. The lowest BCUT2D eigenvalue weighted by molar-refractivity contribution is 0.111. The maximum absolute atomic E-state index is 14.6. The van der Waals surface area contributed by atoms with Gasteiger partial charge in [0.2, 0.25) is 0 Å². The van der Waals surface area contributed by atoms with Gasteiger partial charge in [-0.1, -0.05) is 0 Å². The lowest BCUT2D eigenvalue weighted by atomic mass is 9.94. The number of rotatable bonds is 7. The molecule has 4 rings (SSSR count). The molecule has 0 radical (unpaired) electrons. The van der Waals surface area contributed by atoms with Gasteiger partial charge in [-0.05, 0) is 37.0 Å². The van der Waals surface area contributed by atoms with Crippen molar-refractivity contribution in [3.8, 4) is 17.2 Å². The minimum atomic E-state index is -0.913. The van der Waals surface area contributed by atoms with Gasteiger partial charge in [0.05, 0.1) is 32.2 Å². The van der Waals surface area contributed by atoms with Crippen LogP contribution < -0.4 is 24.8 Å². The van der Waals surface area contributed by atoms with Crippen LogP contribution in [0.1, 0.15) is 45.5 Å². The topological polar surface area (TPSA) is 130 Å². The second-order valence-electron chi connectivity index (χ2n) is 8.00. The number of pyridine rings is 1. The minimum Gasteiger partial charge on any atom is -0.494 e. The van der Waals surface area contributed by atoms with Crippen LogP contribution in [0.3, 0.4) is 0 Å². The summed E-state index contributed by atoms with van der Waals surface area (Å²) in [6.07, 6.45) is 4.29. The Hall–Kier alpha value is -4.35. The Balaban J connectivity index is 1.58. The van der Waals surface area contributed by atoms with Gasteiger partial charge in [-0.3, -0.25) is 9.69 Å². The van der Waals surface area contributed by atoms with Crippen molar-refractivity contribution in [1.82, 2.24) is 15.0 Å². The largest absolute Gasteiger partial charge is 0.494 e. The van der Waals surface area contributed by atoms with E-state index in [0.717, 1.165) is 17.2 Å². The van der Waals surface area contributed by atoms with Crippen molar-refractivity contribution in [3.63, 3.8) is 0 Å². The molecule has 0 bridgehead atoms. The number of urea groups is 1. The molecular weight excluding hydrogens is 476 g/mol. The van der Waals surface area contributed by atoms with Gasteiger partial charge in [-0.15, -0.1) is 0 Å². The normalized spacial score (nSPS) is 14.7. The Morgan fingerprint density at radius 1 is 1.17 bits per heavy atom. The van der Waals surface area contributed by atoms with Crippen molar-refractivity contribution in [1.29, 1.82) is 0 Å². The molecule has 1 aliphatic heterocycles. The van der Waals surface area contributed by atoms with E-state index in [1.165, 1.54) is 31.5 Å². The molecular formula is C24H23F2N5O5. The Bertz CT molecular complexity index is 1290. The number of aryl methyl sites for hydroxylation is 1. The average Bonchev–Trinajstić information content (AvgIpc) is 2.88. The van der Waals surface area contributed by atoms with E-state index in [4.69, 9.17) is 19.9 Å². The van der Waals surface area contributed by atoms with Crippen LogP contribution in [0.4, 0.5) is 19.4 Å². The predicted octanol–water partition coefficient (Wildman–Crippen LogP) is 3.44. The van der Waals surface area contributed by atoms with E-state index >= 15 is 0 Å². The third-order valence-electron chi connectivity index (χ3n) is 5.91. The van der Waals surface area contributed by atoms with Crippen molar-refractivity contribution >= 4 is 18.1 Å². The van der Waals surface area contributed by atoms with Crippen molar-refractivity contribution in [3.05, 3.63) is 64.4 Å². The van der Waals surface area contributed by atoms with E-state index in [2.05, 4.69) is 15.0 Å². The predicted molar refractivity (Wildman–Crippen MR) is 123 cm³/mol. The van der Waals surface area contributed by atoms with Crippen molar-refractivity contribution in [2.24, 2.45) is 5.73 Å². The van der Waals surface area contributed by atoms with Crippen molar-refractivity contribution < 1.29 is 32.6 Å². The fourth-order valence-electron chi connectivity index (χ4n) is 4.13. The van der Waals surface area contributed by atoms with Crippen LogP contribution >= 0.6 is 0 Å². The zero-order valence-corrected chi connectivity index (χ0v) is 19.7. The van der Waals surface area contributed by atoms with E-state index in [0.29, 0.717) is 24.9 Å². The van der Waals surface area contributed by atoms with E-state index in [1.54, 1.807) is 6.07 Å². The quantitative estimate of drug-likeness (QED) is 0.490. The average molecular weight is 499 g/mol. The third kappa shape index (κ3) is 4.49. The highest BCUT2D eigenvalue weighted by atomic mass is 19.1. The number of hydrogen-bond donors (Lipinski definition) is 1. The molecule has 1 unspecified atom stereocenters.